The lowest BCUT2D eigenvalue weighted by Crippen LogP contribution is -2.47. The van der Waals surface area contributed by atoms with Crippen molar-refractivity contribution in [3.63, 3.8) is 0 Å². The van der Waals surface area contributed by atoms with E-state index in [1.165, 1.54) is 6.33 Å². The van der Waals surface area contributed by atoms with Crippen molar-refractivity contribution >= 4 is 11.6 Å². The molecule has 1 saturated heterocycles. The molecule has 0 unspecified atom stereocenters. The molecule has 4 rings (SSSR count). The van der Waals surface area contributed by atoms with Crippen molar-refractivity contribution in [2.45, 2.75) is 45.3 Å². The summed E-state index contributed by atoms with van der Waals surface area (Å²) in [5, 5.41) is 23.9. The van der Waals surface area contributed by atoms with Crippen molar-refractivity contribution in [1.29, 1.82) is 0 Å². The Labute approximate surface area is 145 Å². The van der Waals surface area contributed by atoms with E-state index in [9.17, 15) is 5.11 Å². The number of nitrogens with zero attached hydrogens (tertiary/aromatic N) is 8. The van der Waals surface area contributed by atoms with Gasteiger partial charge in [0.15, 0.2) is 0 Å². The third-order valence-corrected chi connectivity index (χ3v) is 4.67. The average Bonchev–Trinajstić information content (AvgIpc) is 3.23. The second-order valence-electron chi connectivity index (χ2n) is 6.96. The van der Waals surface area contributed by atoms with Gasteiger partial charge in [0.05, 0.1) is 12.7 Å². The Hall–Kier alpha value is -2.55. The van der Waals surface area contributed by atoms with E-state index in [4.69, 9.17) is 0 Å². The van der Waals surface area contributed by atoms with Gasteiger partial charge in [0.1, 0.15) is 23.4 Å². The Morgan fingerprint density at radius 3 is 2.92 bits per heavy atom. The van der Waals surface area contributed by atoms with Crippen LogP contribution >= 0.6 is 0 Å². The molecule has 0 bridgehead atoms. The van der Waals surface area contributed by atoms with Crippen LogP contribution in [0.5, 0.6) is 0 Å². The van der Waals surface area contributed by atoms with Crippen LogP contribution in [-0.4, -0.2) is 52.8 Å². The fourth-order valence-electron chi connectivity index (χ4n) is 3.32. The third kappa shape index (κ3) is 2.74. The van der Waals surface area contributed by atoms with E-state index >= 15 is 0 Å². The summed E-state index contributed by atoms with van der Waals surface area (Å²) < 4.78 is 3.49. The number of aromatic nitrogens is 7. The Kier molecular flexibility index (Phi) is 3.68. The van der Waals surface area contributed by atoms with E-state index < -0.39 is 5.60 Å². The highest BCUT2D eigenvalue weighted by Gasteiger charge is 2.38. The maximum absolute atomic E-state index is 11.2. The molecule has 25 heavy (non-hydrogen) atoms. The van der Waals surface area contributed by atoms with Gasteiger partial charge >= 0.3 is 0 Å². The molecule has 1 fully saturated rings. The van der Waals surface area contributed by atoms with Crippen molar-refractivity contribution in [2.75, 3.05) is 18.0 Å². The molecule has 0 saturated carbocycles. The molecule has 0 aromatic carbocycles. The first kappa shape index (κ1) is 15.9. The van der Waals surface area contributed by atoms with Crippen LogP contribution in [0.2, 0.25) is 0 Å². The number of hydrogen-bond acceptors (Lipinski definition) is 7. The van der Waals surface area contributed by atoms with Crippen LogP contribution < -0.4 is 4.90 Å². The second kappa shape index (κ2) is 5.76. The Morgan fingerprint density at radius 1 is 1.32 bits per heavy atom. The highest BCUT2D eigenvalue weighted by molar-refractivity contribution is 5.48. The SMILES string of the molecule is Cc1cc(N2CCC[C@@](O)(c3cn(C(C)C)nn3)C2)n2ncnc2n1. The van der Waals surface area contributed by atoms with E-state index in [-0.39, 0.29) is 6.04 Å². The first-order valence-electron chi connectivity index (χ1n) is 8.53. The molecule has 1 atom stereocenters. The Morgan fingerprint density at radius 2 is 2.16 bits per heavy atom. The fraction of sp³-hybridized carbons (Fsp3) is 0.562. The van der Waals surface area contributed by atoms with Crippen molar-refractivity contribution in [3.05, 3.63) is 30.0 Å². The number of hydrogen-bond donors (Lipinski definition) is 1. The van der Waals surface area contributed by atoms with Gasteiger partial charge in [-0.3, -0.25) is 0 Å². The van der Waals surface area contributed by atoms with Gasteiger partial charge < -0.3 is 10.0 Å². The molecule has 1 aliphatic rings. The number of anilines is 1. The molecule has 0 spiro atoms. The quantitative estimate of drug-likeness (QED) is 0.761. The zero-order chi connectivity index (χ0) is 17.6. The molecule has 1 N–H and O–H groups in total. The number of β-amino-alcohol motifs (C(OH)–C–C–N with tert-alkyl or cyclic N) is 1. The van der Waals surface area contributed by atoms with Gasteiger partial charge in [-0.25, -0.2) is 9.67 Å². The number of aliphatic hydroxyl groups is 1. The van der Waals surface area contributed by atoms with E-state index in [1.807, 2.05) is 33.0 Å². The van der Waals surface area contributed by atoms with Gasteiger partial charge in [-0.1, -0.05) is 5.21 Å². The average molecular weight is 342 g/mol. The largest absolute Gasteiger partial charge is 0.382 e. The van der Waals surface area contributed by atoms with E-state index in [0.717, 1.165) is 24.5 Å². The lowest BCUT2D eigenvalue weighted by atomic mass is 9.90. The van der Waals surface area contributed by atoms with Crippen molar-refractivity contribution in [1.82, 2.24) is 34.6 Å². The summed E-state index contributed by atoms with van der Waals surface area (Å²) in [6, 6.07) is 2.18. The van der Waals surface area contributed by atoms with Crippen LogP contribution in [-0.2, 0) is 5.60 Å². The third-order valence-electron chi connectivity index (χ3n) is 4.67. The highest BCUT2D eigenvalue weighted by Crippen LogP contribution is 2.33. The fourth-order valence-corrected chi connectivity index (χ4v) is 3.32. The minimum atomic E-state index is -1.03. The molecular weight excluding hydrogens is 320 g/mol. The summed E-state index contributed by atoms with van der Waals surface area (Å²) in [7, 11) is 0. The molecule has 0 radical (unpaired) electrons. The second-order valence-corrected chi connectivity index (χ2v) is 6.96. The standard InChI is InChI=1S/C16H22N8O/c1-11(2)23-8-13(20-21-23)16(25)5-4-6-22(9-16)14-7-12(3)19-15-17-10-18-24(14)15/h7-8,10-11,25H,4-6,9H2,1-3H3/t16-/m0/s1. The van der Waals surface area contributed by atoms with Crippen LogP contribution in [0.25, 0.3) is 5.78 Å². The van der Waals surface area contributed by atoms with E-state index in [0.29, 0.717) is 24.4 Å². The molecule has 0 amide bonds. The van der Waals surface area contributed by atoms with Crippen LogP contribution in [0.4, 0.5) is 5.82 Å². The summed E-state index contributed by atoms with van der Waals surface area (Å²) in [5.41, 5.74) is 0.456. The topological polar surface area (TPSA) is 97.3 Å². The van der Waals surface area contributed by atoms with Gasteiger partial charge in [0.25, 0.3) is 5.78 Å². The van der Waals surface area contributed by atoms with Gasteiger partial charge in [0.2, 0.25) is 0 Å². The lowest BCUT2D eigenvalue weighted by molar-refractivity contribution is 0.0173. The van der Waals surface area contributed by atoms with Crippen LogP contribution in [0.15, 0.2) is 18.6 Å². The molecule has 1 aliphatic heterocycles. The number of piperidine rings is 1. The van der Waals surface area contributed by atoms with Crippen molar-refractivity contribution in [3.8, 4) is 0 Å². The molecule has 3 aromatic heterocycles. The molecule has 132 valence electrons. The molecule has 9 heteroatoms. The predicted molar refractivity (Wildman–Crippen MR) is 91.3 cm³/mol. The summed E-state index contributed by atoms with van der Waals surface area (Å²) in [6.07, 6.45) is 4.85. The first-order chi connectivity index (χ1) is 12.0. The normalized spacial score (nSPS) is 21.4. The zero-order valence-corrected chi connectivity index (χ0v) is 14.7. The number of fused-ring (bicyclic) bond motifs is 1. The van der Waals surface area contributed by atoms with Crippen molar-refractivity contribution in [2.24, 2.45) is 0 Å². The Bertz CT molecular complexity index is 901. The maximum Gasteiger partial charge on any atom is 0.254 e. The summed E-state index contributed by atoms with van der Waals surface area (Å²) in [4.78, 5) is 10.7. The monoisotopic (exact) mass is 342 g/mol. The minimum Gasteiger partial charge on any atom is -0.382 e. The predicted octanol–water partition coefficient (Wildman–Crippen LogP) is 1.09. The van der Waals surface area contributed by atoms with Gasteiger partial charge in [-0.15, -0.1) is 5.10 Å². The minimum absolute atomic E-state index is 0.210. The smallest absolute Gasteiger partial charge is 0.254 e. The van der Waals surface area contributed by atoms with E-state index in [2.05, 4.69) is 30.3 Å². The molecule has 4 heterocycles. The maximum atomic E-state index is 11.2. The lowest BCUT2D eigenvalue weighted by Gasteiger charge is -2.39. The van der Waals surface area contributed by atoms with Crippen LogP contribution in [0.1, 0.15) is 44.1 Å². The molecule has 0 aliphatic carbocycles. The first-order valence-corrected chi connectivity index (χ1v) is 8.53. The molecular formula is C16H22N8O. The van der Waals surface area contributed by atoms with E-state index in [1.54, 1.807) is 9.20 Å². The number of aryl methyl sites for hydroxylation is 1. The van der Waals surface area contributed by atoms with Crippen molar-refractivity contribution < 1.29 is 5.11 Å². The van der Waals surface area contributed by atoms with Gasteiger partial charge in [-0.05, 0) is 33.6 Å². The molecule has 9 nitrogen and oxygen atoms in total. The summed E-state index contributed by atoms with van der Waals surface area (Å²) >= 11 is 0. The number of rotatable bonds is 3. The summed E-state index contributed by atoms with van der Waals surface area (Å²) in [6.45, 7) is 7.28. The Balaban J connectivity index is 1.69. The highest BCUT2D eigenvalue weighted by atomic mass is 16.3. The zero-order valence-electron chi connectivity index (χ0n) is 14.7. The van der Waals surface area contributed by atoms with Crippen LogP contribution in [0, 0.1) is 6.92 Å². The summed E-state index contributed by atoms with van der Waals surface area (Å²) in [5.74, 6) is 1.45. The van der Waals surface area contributed by atoms with Gasteiger partial charge in [-0.2, -0.15) is 14.6 Å². The molecule has 3 aromatic rings. The van der Waals surface area contributed by atoms with Gasteiger partial charge in [0, 0.05) is 24.3 Å². The van der Waals surface area contributed by atoms with Crippen LogP contribution in [0.3, 0.4) is 0 Å².